The number of imidazole rings is 1. The lowest BCUT2D eigenvalue weighted by Crippen LogP contribution is -2.23. The molecule has 148 valence electrons. The summed E-state index contributed by atoms with van der Waals surface area (Å²) in [5.74, 6) is -1.75. The Morgan fingerprint density at radius 2 is 2.00 bits per heavy atom. The molecule has 1 aromatic carbocycles. The normalized spacial score (nSPS) is 11.6. The van der Waals surface area contributed by atoms with Crippen LogP contribution in [0.4, 0.5) is 17.6 Å². The molecule has 0 aliphatic carbocycles. The highest BCUT2D eigenvalue weighted by molar-refractivity contribution is 5.91. The molecule has 0 aliphatic heterocycles. The number of amides is 1. The number of benzene rings is 1. The molecule has 0 unspecified atom stereocenters. The molecule has 0 bridgehead atoms. The zero-order chi connectivity index (χ0) is 20.5. The summed E-state index contributed by atoms with van der Waals surface area (Å²) >= 11 is 0. The molecule has 10 heteroatoms. The van der Waals surface area contributed by atoms with E-state index >= 15 is 0 Å². The standard InChI is InChI=1S/C18H17F4N5O/c1-11-13(8-26(2)25-11)6-23-17(28)16-9-27(10-24-16)7-12-3-4-15(19)14(5-12)18(20,21)22/h3-5,8-10H,6-7H2,1-2H3,(H,23,28). The third-order valence-electron chi connectivity index (χ3n) is 4.12. The van der Waals surface area contributed by atoms with Crippen molar-refractivity contribution in [3.05, 3.63) is 70.8 Å². The van der Waals surface area contributed by atoms with E-state index in [1.165, 1.54) is 23.2 Å². The zero-order valence-electron chi connectivity index (χ0n) is 15.1. The quantitative estimate of drug-likeness (QED) is 0.676. The summed E-state index contributed by atoms with van der Waals surface area (Å²) in [5, 5.41) is 6.90. The van der Waals surface area contributed by atoms with E-state index in [4.69, 9.17) is 0 Å². The molecule has 3 rings (SSSR count). The first kappa shape index (κ1) is 19.6. The summed E-state index contributed by atoms with van der Waals surface area (Å²) in [7, 11) is 1.78. The first-order chi connectivity index (χ1) is 13.1. The third-order valence-corrected chi connectivity index (χ3v) is 4.12. The van der Waals surface area contributed by atoms with E-state index in [0.717, 1.165) is 23.4 Å². The van der Waals surface area contributed by atoms with Crippen LogP contribution in [-0.2, 0) is 26.3 Å². The SMILES string of the molecule is Cc1nn(C)cc1CNC(=O)c1cn(Cc2ccc(F)c(C(F)(F)F)c2)cn1. The van der Waals surface area contributed by atoms with Crippen molar-refractivity contribution in [2.24, 2.45) is 7.05 Å². The van der Waals surface area contributed by atoms with Crippen LogP contribution in [0.5, 0.6) is 0 Å². The Bertz CT molecular complexity index is 1010. The second kappa shape index (κ2) is 7.45. The Hall–Kier alpha value is -3.17. The van der Waals surface area contributed by atoms with Crippen LogP contribution >= 0.6 is 0 Å². The van der Waals surface area contributed by atoms with Crippen LogP contribution in [-0.4, -0.2) is 25.2 Å². The van der Waals surface area contributed by atoms with E-state index in [0.29, 0.717) is 0 Å². The smallest absolute Gasteiger partial charge is 0.346 e. The lowest BCUT2D eigenvalue weighted by Gasteiger charge is -2.10. The minimum Gasteiger partial charge on any atom is -0.346 e. The van der Waals surface area contributed by atoms with Gasteiger partial charge in [0.05, 0.1) is 17.6 Å². The average Bonchev–Trinajstić information content (AvgIpc) is 3.19. The highest BCUT2D eigenvalue weighted by Gasteiger charge is 2.34. The summed E-state index contributed by atoms with van der Waals surface area (Å²) in [6, 6.07) is 2.79. The van der Waals surface area contributed by atoms with Crippen LogP contribution in [0.1, 0.15) is 32.9 Å². The summed E-state index contributed by atoms with van der Waals surface area (Å²) in [5.41, 5.74) is 0.699. The number of carbonyl (C=O) groups is 1. The average molecular weight is 395 g/mol. The highest BCUT2D eigenvalue weighted by atomic mass is 19.4. The van der Waals surface area contributed by atoms with Crippen LogP contribution in [0, 0.1) is 12.7 Å². The molecule has 6 nitrogen and oxygen atoms in total. The molecule has 0 saturated heterocycles. The number of nitrogens with zero attached hydrogens (tertiary/aromatic N) is 4. The molecule has 0 spiro atoms. The number of aromatic nitrogens is 4. The van der Waals surface area contributed by atoms with Crippen LogP contribution < -0.4 is 5.32 Å². The van der Waals surface area contributed by atoms with Gasteiger partial charge in [-0.15, -0.1) is 0 Å². The Morgan fingerprint density at radius 1 is 1.25 bits per heavy atom. The zero-order valence-corrected chi connectivity index (χ0v) is 15.1. The monoisotopic (exact) mass is 395 g/mol. The first-order valence-electron chi connectivity index (χ1n) is 8.28. The summed E-state index contributed by atoms with van der Waals surface area (Å²) in [6.07, 6.45) is -0.228. The van der Waals surface area contributed by atoms with Gasteiger partial charge in [-0.05, 0) is 24.6 Å². The molecule has 2 aromatic heterocycles. The molecular weight excluding hydrogens is 378 g/mol. The van der Waals surface area contributed by atoms with E-state index in [9.17, 15) is 22.4 Å². The number of aryl methyl sites for hydroxylation is 2. The van der Waals surface area contributed by atoms with Crippen molar-refractivity contribution in [1.29, 1.82) is 0 Å². The van der Waals surface area contributed by atoms with E-state index < -0.39 is 23.5 Å². The number of hydrogen-bond donors (Lipinski definition) is 1. The lowest BCUT2D eigenvalue weighted by molar-refractivity contribution is -0.140. The fourth-order valence-corrected chi connectivity index (χ4v) is 2.75. The molecule has 2 heterocycles. The fourth-order valence-electron chi connectivity index (χ4n) is 2.75. The van der Waals surface area contributed by atoms with E-state index in [2.05, 4.69) is 15.4 Å². The van der Waals surface area contributed by atoms with Crippen molar-refractivity contribution in [3.8, 4) is 0 Å². The van der Waals surface area contributed by atoms with Gasteiger partial charge in [0.15, 0.2) is 0 Å². The van der Waals surface area contributed by atoms with Gasteiger partial charge in [-0.25, -0.2) is 9.37 Å². The van der Waals surface area contributed by atoms with Gasteiger partial charge in [-0.1, -0.05) is 6.07 Å². The maximum absolute atomic E-state index is 13.4. The van der Waals surface area contributed by atoms with Crippen LogP contribution in [0.15, 0.2) is 36.9 Å². The van der Waals surface area contributed by atoms with Gasteiger partial charge >= 0.3 is 6.18 Å². The van der Waals surface area contributed by atoms with Crippen molar-refractivity contribution in [2.45, 2.75) is 26.2 Å². The number of rotatable bonds is 5. The van der Waals surface area contributed by atoms with Gasteiger partial charge in [-0.3, -0.25) is 9.48 Å². The maximum Gasteiger partial charge on any atom is 0.419 e. The number of halogens is 4. The summed E-state index contributed by atoms with van der Waals surface area (Å²) in [6.45, 7) is 2.12. The van der Waals surface area contributed by atoms with Crippen molar-refractivity contribution in [1.82, 2.24) is 24.6 Å². The molecule has 28 heavy (non-hydrogen) atoms. The Labute approximate surface area is 157 Å². The predicted molar refractivity (Wildman–Crippen MR) is 91.8 cm³/mol. The largest absolute Gasteiger partial charge is 0.419 e. The van der Waals surface area contributed by atoms with Crippen molar-refractivity contribution >= 4 is 5.91 Å². The van der Waals surface area contributed by atoms with Crippen molar-refractivity contribution in [2.75, 3.05) is 0 Å². The topological polar surface area (TPSA) is 64.7 Å². The van der Waals surface area contributed by atoms with E-state index in [1.54, 1.807) is 17.9 Å². The van der Waals surface area contributed by atoms with Gasteiger partial charge in [-0.2, -0.15) is 18.3 Å². The molecule has 3 aromatic rings. The van der Waals surface area contributed by atoms with Gasteiger partial charge in [0.25, 0.3) is 5.91 Å². The maximum atomic E-state index is 13.4. The number of hydrogen-bond acceptors (Lipinski definition) is 3. The Kier molecular flexibility index (Phi) is 5.21. The van der Waals surface area contributed by atoms with Crippen LogP contribution in [0.25, 0.3) is 0 Å². The van der Waals surface area contributed by atoms with Crippen LogP contribution in [0.3, 0.4) is 0 Å². The fraction of sp³-hybridized carbons (Fsp3) is 0.278. The van der Waals surface area contributed by atoms with Gasteiger partial charge in [0, 0.05) is 38.1 Å². The Morgan fingerprint density at radius 3 is 2.64 bits per heavy atom. The van der Waals surface area contributed by atoms with Crippen LogP contribution in [0.2, 0.25) is 0 Å². The summed E-state index contributed by atoms with van der Waals surface area (Å²) < 4.78 is 54.9. The van der Waals surface area contributed by atoms with Gasteiger partial charge in [0.2, 0.25) is 0 Å². The first-order valence-corrected chi connectivity index (χ1v) is 8.28. The molecule has 1 N–H and O–H groups in total. The van der Waals surface area contributed by atoms with Gasteiger partial charge in [0.1, 0.15) is 11.5 Å². The van der Waals surface area contributed by atoms with E-state index in [1.807, 2.05) is 6.92 Å². The molecule has 0 radical (unpaired) electrons. The molecule has 0 fully saturated rings. The van der Waals surface area contributed by atoms with Crippen molar-refractivity contribution < 1.29 is 22.4 Å². The van der Waals surface area contributed by atoms with Crippen molar-refractivity contribution in [3.63, 3.8) is 0 Å². The summed E-state index contributed by atoms with van der Waals surface area (Å²) in [4.78, 5) is 16.2. The number of carbonyl (C=O) groups excluding carboxylic acids is 1. The Balaban J connectivity index is 1.67. The second-order valence-corrected chi connectivity index (χ2v) is 6.34. The number of nitrogens with one attached hydrogen (secondary N) is 1. The minimum atomic E-state index is -4.77. The van der Waals surface area contributed by atoms with Gasteiger partial charge < -0.3 is 9.88 Å². The lowest BCUT2D eigenvalue weighted by atomic mass is 10.1. The second-order valence-electron chi connectivity index (χ2n) is 6.34. The predicted octanol–water partition coefficient (Wildman–Crippen LogP) is 3.06. The minimum absolute atomic E-state index is 0.0192. The van der Waals surface area contributed by atoms with E-state index in [-0.39, 0.29) is 24.3 Å². The molecule has 1 amide bonds. The number of alkyl halides is 3. The molecule has 0 atom stereocenters. The highest BCUT2D eigenvalue weighted by Crippen LogP contribution is 2.32. The third kappa shape index (κ3) is 4.38. The molecule has 0 saturated carbocycles. The molecular formula is C18H17F4N5O. The molecule has 0 aliphatic rings.